The van der Waals surface area contributed by atoms with Crippen LogP contribution in [-0.2, 0) is 15.1 Å². The number of rotatable bonds is 10. The number of carbonyl (C=O) groups is 1. The van der Waals surface area contributed by atoms with Gasteiger partial charge in [0.2, 0.25) is 5.91 Å². The van der Waals surface area contributed by atoms with Crippen molar-refractivity contribution in [2.24, 2.45) is 5.73 Å². The van der Waals surface area contributed by atoms with Gasteiger partial charge in [0.1, 0.15) is 5.54 Å². The lowest BCUT2D eigenvalue weighted by molar-refractivity contribution is -0.124. The van der Waals surface area contributed by atoms with Crippen molar-refractivity contribution < 1.29 is 9.53 Å². The van der Waals surface area contributed by atoms with E-state index in [1.165, 1.54) is 0 Å². The van der Waals surface area contributed by atoms with E-state index in [9.17, 15) is 4.79 Å². The quantitative estimate of drug-likeness (QED) is 0.648. The molecule has 3 N–H and O–H groups in total. The lowest BCUT2D eigenvalue weighted by Gasteiger charge is -2.32. The molecule has 1 aliphatic rings. The molecule has 1 aromatic carbocycles. The average molecular weight is 308 g/mol. The van der Waals surface area contributed by atoms with Crippen LogP contribution in [-0.4, -0.2) is 37.2 Å². The molecule has 4 nitrogen and oxygen atoms in total. The van der Waals surface area contributed by atoms with Gasteiger partial charge in [-0.2, -0.15) is 11.8 Å². The van der Waals surface area contributed by atoms with E-state index >= 15 is 0 Å². The third-order valence-electron chi connectivity index (χ3n) is 3.67. The third kappa shape index (κ3) is 4.46. The number of thioether (sulfide) groups is 1. The predicted molar refractivity (Wildman–Crippen MR) is 87.3 cm³/mol. The fraction of sp³-hybridized carbons (Fsp3) is 0.562. The predicted octanol–water partition coefficient (Wildman–Crippen LogP) is 1.89. The highest BCUT2D eigenvalue weighted by atomic mass is 32.2. The van der Waals surface area contributed by atoms with Crippen molar-refractivity contribution in [3.05, 3.63) is 35.9 Å². The fourth-order valence-corrected chi connectivity index (χ4v) is 3.49. The number of ether oxygens (including phenoxy) is 1. The molecule has 2 rings (SSSR count). The molecule has 1 amide bonds. The number of carbonyl (C=O) groups excluding carboxylic acids is 1. The molecule has 1 fully saturated rings. The van der Waals surface area contributed by atoms with E-state index in [1.54, 1.807) is 18.9 Å². The Morgan fingerprint density at radius 1 is 1.43 bits per heavy atom. The van der Waals surface area contributed by atoms with E-state index in [1.807, 2.05) is 30.3 Å². The van der Waals surface area contributed by atoms with Crippen LogP contribution in [0.3, 0.4) is 0 Å². The molecule has 0 radical (unpaired) electrons. The van der Waals surface area contributed by atoms with E-state index < -0.39 is 5.54 Å². The van der Waals surface area contributed by atoms with E-state index in [0.29, 0.717) is 11.8 Å². The first kappa shape index (κ1) is 16.3. The molecule has 1 unspecified atom stereocenters. The van der Waals surface area contributed by atoms with Crippen LogP contribution in [0.15, 0.2) is 30.3 Å². The summed E-state index contributed by atoms with van der Waals surface area (Å²) >= 11 is 1.75. The fourth-order valence-electron chi connectivity index (χ4n) is 2.32. The van der Waals surface area contributed by atoms with Gasteiger partial charge in [0, 0.05) is 25.5 Å². The monoisotopic (exact) mass is 308 g/mol. The Morgan fingerprint density at radius 3 is 2.71 bits per heavy atom. The lowest BCUT2D eigenvalue weighted by atomic mass is 9.91. The topological polar surface area (TPSA) is 64.3 Å². The van der Waals surface area contributed by atoms with Gasteiger partial charge in [0.15, 0.2) is 0 Å². The zero-order valence-corrected chi connectivity index (χ0v) is 13.3. The second kappa shape index (κ2) is 7.82. The van der Waals surface area contributed by atoms with Crippen LogP contribution in [0, 0.1) is 0 Å². The van der Waals surface area contributed by atoms with Gasteiger partial charge in [-0.15, -0.1) is 0 Å². The molecular weight excluding hydrogens is 284 g/mol. The van der Waals surface area contributed by atoms with Gasteiger partial charge in [0.05, 0.1) is 0 Å². The van der Waals surface area contributed by atoms with Crippen molar-refractivity contribution >= 4 is 17.7 Å². The second-order valence-electron chi connectivity index (χ2n) is 5.45. The highest BCUT2D eigenvalue weighted by Gasteiger charge is 2.42. The molecule has 0 aromatic heterocycles. The second-order valence-corrected chi connectivity index (χ2v) is 6.56. The maximum atomic E-state index is 12.2. The standard InChI is InChI=1S/C16H24N2O2S/c1-20-10-5-11-21-12-16(15(17)19,18-14-8-9-14)13-6-3-2-4-7-13/h2-4,6-7,14,18H,5,8-12H2,1H3,(H2,17,19). The zero-order valence-electron chi connectivity index (χ0n) is 12.5. The number of hydrogen-bond acceptors (Lipinski definition) is 4. The first-order valence-electron chi connectivity index (χ1n) is 7.39. The van der Waals surface area contributed by atoms with Gasteiger partial charge < -0.3 is 10.5 Å². The number of benzene rings is 1. The largest absolute Gasteiger partial charge is 0.385 e. The van der Waals surface area contributed by atoms with Crippen LogP contribution < -0.4 is 11.1 Å². The minimum Gasteiger partial charge on any atom is -0.385 e. The van der Waals surface area contributed by atoms with E-state index in [2.05, 4.69) is 5.32 Å². The summed E-state index contributed by atoms with van der Waals surface area (Å²) in [6, 6.07) is 10.2. The Balaban J connectivity index is 2.09. The summed E-state index contributed by atoms with van der Waals surface area (Å²) < 4.78 is 5.06. The SMILES string of the molecule is COCCCSCC(NC1CC1)(C(N)=O)c1ccccc1. The third-order valence-corrected chi connectivity index (χ3v) is 4.89. The van der Waals surface area contributed by atoms with Crippen LogP contribution in [0.5, 0.6) is 0 Å². The van der Waals surface area contributed by atoms with E-state index in [0.717, 1.165) is 37.2 Å². The Labute approximate surface area is 130 Å². The van der Waals surface area contributed by atoms with Crippen LogP contribution in [0.4, 0.5) is 0 Å². The van der Waals surface area contributed by atoms with Gasteiger partial charge in [-0.3, -0.25) is 10.1 Å². The van der Waals surface area contributed by atoms with Gasteiger partial charge in [-0.05, 0) is 30.6 Å². The molecule has 0 heterocycles. The molecule has 1 saturated carbocycles. The summed E-state index contributed by atoms with van der Waals surface area (Å²) in [7, 11) is 1.71. The number of methoxy groups -OCH3 is 1. The first-order valence-corrected chi connectivity index (χ1v) is 8.54. The minimum atomic E-state index is -0.764. The summed E-state index contributed by atoms with van der Waals surface area (Å²) in [4.78, 5) is 12.2. The Morgan fingerprint density at radius 2 is 2.14 bits per heavy atom. The van der Waals surface area contributed by atoms with Crippen molar-refractivity contribution in [1.82, 2.24) is 5.32 Å². The number of nitrogens with one attached hydrogen (secondary N) is 1. The number of nitrogens with two attached hydrogens (primary N) is 1. The highest BCUT2D eigenvalue weighted by Crippen LogP contribution is 2.31. The molecule has 116 valence electrons. The average Bonchev–Trinajstić information content (AvgIpc) is 3.30. The molecule has 5 heteroatoms. The van der Waals surface area contributed by atoms with Crippen LogP contribution in [0.25, 0.3) is 0 Å². The van der Waals surface area contributed by atoms with Crippen LogP contribution >= 0.6 is 11.8 Å². The van der Waals surface area contributed by atoms with Crippen LogP contribution in [0.1, 0.15) is 24.8 Å². The van der Waals surface area contributed by atoms with Crippen molar-refractivity contribution in [3.8, 4) is 0 Å². The summed E-state index contributed by atoms with van der Waals surface area (Å²) in [5.41, 5.74) is 5.98. The Hall–Kier alpha value is -1.04. The Bertz CT molecular complexity index is 451. The van der Waals surface area contributed by atoms with Crippen molar-refractivity contribution in [3.63, 3.8) is 0 Å². The van der Waals surface area contributed by atoms with Crippen LogP contribution in [0.2, 0.25) is 0 Å². The molecule has 0 saturated heterocycles. The summed E-state index contributed by atoms with van der Waals surface area (Å²) in [6.45, 7) is 0.748. The molecule has 21 heavy (non-hydrogen) atoms. The van der Waals surface area contributed by atoms with Gasteiger partial charge >= 0.3 is 0 Å². The number of amides is 1. The molecular formula is C16H24N2O2S. The number of hydrogen-bond donors (Lipinski definition) is 2. The van der Waals surface area contributed by atoms with Crippen molar-refractivity contribution in [1.29, 1.82) is 0 Å². The first-order chi connectivity index (χ1) is 10.2. The smallest absolute Gasteiger partial charge is 0.243 e. The van der Waals surface area contributed by atoms with Gasteiger partial charge in [-0.25, -0.2) is 0 Å². The summed E-state index contributed by atoms with van der Waals surface area (Å²) in [5, 5.41) is 3.48. The molecule has 1 aromatic rings. The van der Waals surface area contributed by atoms with Crippen molar-refractivity contribution in [2.75, 3.05) is 25.2 Å². The maximum absolute atomic E-state index is 12.2. The van der Waals surface area contributed by atoms with Gasteiger partial charge in [0.25, 0.3) is 0 Å². The zero-order chi connectivity index (χ0) is 15.1. The normalized spacial score (nSPS) is 17.4. The van der Waals surface area contributed by atoms with Gasteiger partial charge in [-0.1, -0.05) is 30.3 Å². The Kier molecular flexibility index (Phi) is 6.08. The molecule has 0 spiro atoms. The van der Waals surface area contributed by atoms with Crippen molar-refractivity contribution in [2.45, 2.75) is 30.8 Å². The highest BCUT2D eigenvalue weighted by molar-refractivity contribution is 7.99. The molecule has 0 bridgehead atoms. The van der Waals surface area contributed by atoms with E-state index in [-0.39, 0.29) is 5.91 Å². The lowest BCUT2D eigenvalue weighted by Crippen LogP contribution is -2.55. The molecule has 1 aliphatic carbocycles. The maximum Gasteiger partial charge on any atom is 0.243 e. The summed E-state index contributed by atoms with van der Waals surface area (Å²) in [6.07, 6.45) is 3.22. The summed E-state index contributed by atoms with van der Waals surface area (Å²) in [5.74, 6) is 1.33. The minimum absolute atomic E-state index is 0.292. The van der Waals surface area contributed by atoms with E-state index in [4.69, 9.17) is 10.5 Å². The molecule has 1 atom stereocenters. The molecule has 0 aliphatic heterocycles. The number of primary amides is 1.